The van der Waals surface area contributed by atoms with Gasteiger partial charge in [0.1, 0.15) is 23.1 Å². The summed E-state index contributed by atoms with van der Waals surface area (Å²) in [6.45, 7) is 11.2. The highest BCUT2D eigenvalue weighted by molar-refractivity contribution is 5.78. The number of Topliss-reactive ketones (excluding diaryl/α,β-unsaturated/α-hetero) is 1. The normalized spacial score (nSPS) is 15.4. The quantitative estimate of drug-likeness (QED) is 0.284. The fourth-order valence-electron chi connectivity index (χ4n) is 4.80. The van der Waals surface area contributed by atoms with Gasteiger partial charge in [0, 0.05) is 35.5 Å². The molecule has 3 aromatic rings. The van der Waals surface area contributed by atoms with E-state index in [-0.39, 0.29) is 28.6 Å². The Hall–Kier alpha value is -3.91. The molecule has 1 fully saturated rings. The molecular formula is C32H35F2N3O3. The monoisotopic (exact) mass is 547 g/mol. The van der Waals surface area contributed by atoms with Crippen LogP contribution in [0.15, 0.2) is 75.1 Å². The predicted molar refractivity (Wildman–Crippen MR) is 154 cm³/mol. The molecule has 1 aliphatic heterocycles. The van der Waals surface area contributed by atoms with Crippen molar-refractivity contribution in [3.8, 4) is 22.6 Å². The first-order valence-corrected chi connectivity index (χ1v) is 13.4. The molecule has 1 aromatic carbocycles. The van der Waals surface area contributed by atoms with E-state index in [1.807, 2.05) is 45.9 Å². The molecule has 0 saturated carbocycles. The Morgan fingerprint density at radius 2 is 1.80 bits per heavy atom. The first-order valence-electron chi connectivity index (χ1n) is 13.4. The number of piperidine rings is 1. The number of aromatic nitrogens is 2. The van der Waals surface area contributed by atoms with Crippen molar-refractivity contribution in [3.05, 3.63) is 93.8 Å². The van der Waals surface area contributed by atoms with Gasteiger partial charge in [-0.3, -0.25) is 19.1 Å². The van der Waals surface area contributed by atoms with Crippen LogP contribution in [0.25, 0.3) is 28.3 Å². The summed E-state index contributed by atoms with van der Waals surface area (Å²) in [5.41, 5.74) is 3.63. The van der Waals surface area contributed by atoms with Gasteiger partial charge in [-0.15, -0.1) is 0 Å². The number of hydrogen-bond acceptors (Lipinski definition) is 5. The molecule has 0 bridgehead atoms. The Morgan fingerprint density at radius 3 is 2.45 bits per heavy atom. The second-order valence-electron chi connectivity index (χ2n) is 10.6. The third-order valence-corrected chi connectivity index (χ3v) is 7.09. The molecule has 0 radical (unpaired) electrons. The molecule has 0 atom stereocenters. The van der Waals surface area contributed by atoms with E-state index in [4.69, 9.17) is 9.40 Å². The minimum Gasteiger partial charge on any atom is -0.440 e. The number of allylic oxidation sites excluding steroid dienone is 6. The van der Waals surface area contributed by atoms with Gasteiger partial charge in [0.2, 0.25) is 0 Å². The molecule has 6 nitrogen and oxygen atoms in total. The second kappa shape index (κ2) is 12.5. The van der Waals surface area contributed by atoms with Crippen molar-refractivity contribution >= 4 is 11.5 Å². The van der Waals surface area contributed by atoms with Crippen LogP contribution in [0.5, 0.6) is 0 Å². The summed E-state index contributed by atoms with van der Waals surface area (Å²) < 4.78 is 36.5. The summed E-state index contributed by atoms with van der Waals surface area (Å²) in [7, 11) is 0. The Labute approximate surface area is 233 Å². The first kappa shape index (κ1) is 29.1. The number of carbonyl (C=O) groups is 1. The van der Waals surface area contributed by atoms with Gasteiger partial charge in [0.05, 0.1) is 12.1 Å². The molecule has 40 heavy (non-hydrogen) atoms. The number of ketones is 1. The van der Waals surface area contributed by atoms with E-state index >= 15 is 0 Å². The SMILES string of the molecule is CC(=O)CN1CCC(c2nc(-c3ccc(=O)n(/C(C)=C(C)/C=C\C=C(C)C)c3)c(-c3ccc(F)cc3F)o2)CC1. The minimum atomic E-state index is -0.759. The van der Waals surface area contributed by atoms with Gasteiger partial charge in [0.15, 0.2) is 11.7 Å². The summed E-state index contributed by atoms with van der Waals surface area (Å²) in [5.74, 6) is -0.703. The van der Waals surface area contributed by atoms with Crippen molar-refractivity contribution in [2.75, 3.05) is 19.6 Å². The van der Waals surface area contributed by atoms with Gasteiger partial charge in [-0.05, 0) is 84.3 Å². The lowest BCUT2D eigenvalue weighted by atomic mass is 9.96. The molecular weight excluding hydrogens is 512 g/mol. The fraction of sp³-hybridized carbons (Fsp3) is 0.344. The average molecular weight is 548 g/mol. The number of likely N-dealkylation sites (tertiary alicyclic amines) is 1. The van der Waals surface area contributed by atoms with Crippen LogP contribution < -0.4 is 5.56 Å². The molecule has 8 heteroatoms. The molecule has 0 unspecified atom stereocenters. The number of rotatable bonds is 8. The maximum atomic E-state index is 15.0. The standard InChI is InChI=1S/C32H35F2N3O3/c1-20(2)7-6-8-21(3)23(5)37-19-25(9-12-29(37)39)30-31(27-11-10-26(33)17-28(27)34)40-32(35-30)24-13-15-36(16-14-24)18-22(4)38/h6-12,17,19,24H,13-16,18H2,1-5H3/b8-6-,23-21+. The van der Waals surface area contributed by atoms with Gasteiger partial charge in [-0.2, -0.15) is 0 Å². The topological polar surface area (TPSA) is 68.3 Å². The van der Waals surface area contributed by atoms with Crippen LogP contribution in [0.1, 0.15) is 59.3 Å². The van der Waals surface area contributed by atoms with Crippen LogP contribution in [0.4, 0.5) is 8.78 Å². The number of oxazole rings is 1. The zero-order valence-corrected chi connectivity index (χ0v) is 23.6. The van der Waals surface area contributed by atoms with Crippen LogP contribution in [-0.2, 0) is 4.79 Å². The van der Waals surface area contributed by atoms with E-state index in [1.54, 1.807) is 19.2 Å². The van der Waals surface area contributed by atoms with Crippen molar-refractivity contribution in [1.82, 2.24) is 14.5 Å². The van der Waals surface area contributed by atoms with Crippen LogP contribution >= 0.6 is 0 Å². The molecule has 0 aliphatic carbocycles. The lowest BCUT2D eigenvalue weighted by Crippen LogP contribution is -2.36. The summed E-state index contributed by atoms with van der Waals surface area (Å²) in [6.07, 6.45) is 9.00. The summed E-state index contributed by atoms with van der Waals surface area (Å²) in [4.78, 5) is 31.3. The fourth-order valence-corrected chi connectivity index (χ4v) is 4.80. The smallest absolute Gasteiger partial charge is 0.254 e. The van der Waals surface area contributed by atoms with Crippen LogP contribution in [0, 0.1) is 11.6 Å². The third-order valence-electron chi connectivity index (χ3n) is 7.09. The number of pyridine rings is 1. The summed E-state index contributed by atoms with van der Waals surface area (Å²) >= 11 is 0. The average Bonchev–Trinajstić information content (AvgIpc) is 3.33. The molecule has 2 aromatic heterocycles. The second-order valence-corrected chi connectivity index (χ2v) is 10.6. The van der Waals surface area contributed by atoms with Gasteiger partial charge in [-0.1, -0.05) is 23.8 Å². The van der Waals surface area contributed by atoms with Crippen LogP contribution in [-0.4, -0.2) is 39.9 Å². The van der Waals surface area contributed by atoms with Crippen molar-refractivity contribution in [2.45, 2.75) is 53.4 Å². The molecule has 0 spiro atoms. The Bertz CT molecular complexity index is 1550. The Morgan fingerprint density at radius 1 is 1.07 bits per heavy atom. The van der Waals surface area contributed by atoms with Gasteiger partial charge in [-0.25, -0.2) is 13.8 Å². The van der Waals surface area contributed by atoms with Crippen molar-refractivity contribution in [3.63, 3.8) is 0 Å². The zero-order valence-electron chi connectivity index (χ0n) is 23.6. The van der Waals surface area contributed by atoms with Gasteiger partial charge >= 0.3 is 0 Å². The van der Waals surface area contributed by atoms with E-state index in [9.17, 15) is 18.4 Å². The van der Waals surface area contributed by atoms with Gasteiger partial charge < -0.3 is 4.42 Å². The summed E-state index contributed by atoms with van der Waals surface area (Å²) in [6, 6.07) is 6.43. The Balaban J connectivity index is 1.77. The van der Waals surface area contributed by atoms with Crippen LogP contribution in [0.3, 0.4) is 0 Å². The lowest BCUT2D eigenvalue weighted by Gasteiger charge is -2.29. The van der Waals surface area contributed by atoms with E-state index < -0.39 is 11.6 Å². The molecule has 3 heterocycles. The highest BCUT2D eigenvalue weighted by Gasteiger charge is 2.28. The minimum absolute atomic E-state index is 0.0192. The van der Waals surface area contributed by atoms with Crippen molar-refractivity contribution in [2.24, 2.45) is 0 Å². The highest BCUT2D eigenvalue weighted by atomic mass is 19.1. The van der Waals surface area contributed by atoms with E-state index in [1.165, 1.54) is 22.8 Å². The number of hydrogen-bond donors (Lipinski definition) is 0. The number of benzene rings is 1. The summed E-state index contributed by atoms with van der Waals surface area (Å²) in [5, 5.41) is 0. The number of carbonyl (C=O) groups excluding carboxylic acids is 1. The lowest BCUT2D eigenvalue weighted by molar-refractivity contribution is -0.118. The molecule has 210 valence electrons. The maximum Gasteiger partial charge on any atom is 0.254 e. The van der Waals surface area contributed by atoms with Crippen LogP contribution in [0.2, 0.25) is 0 Å². The predicted octanol–water partition coefficient (Wildman–Crippen LogP) is 6.99. The zero-order chi connectivity index (χ0) is 29.0. The van der Waals surface area contributed by atoms with E-state index in [0.717, 1.165) is 48.8 Å². The van der Waals surface area contributed by atoms with Crippen molar-refractivity contribution in [1.29, 1.82) is 0 Å². The van der Waals surface area contributed by atoms with Crippen molar-refractivity contribution < 1.29 is 18.0 Å². The molecule has 0 N–H and O–H groups in total. The first-order chi connectivity index (χ1) is 19.0. The molecule has 0 amide bonds. The Kier molecular flexibility index (Phi) is 9.10. The largest absolute Gasteiger partial charge is 0.440 e. The van der Waals surface area contributed by atoms with E-state index in [2.05, 4.69) is 4.90 Å². The number of halogens is 2. The van der Waals surface area contributed by atoms with Gasteiger partial charge in [0.25, 0.3) is 5.56 Å². The molecule has 4 rings (SSSR count). The molecule has 1 saturated heterocycles. The maximum absolute atomic E-state index is 15.0. The third kappa shape index (κ3) is 6.80. The molecule has 1 aliphatic rings. The van der Waals surface area contributed by atoms with E-state index in [0.29, 0.717) is 23.7 Å². The number of nitrogens with zero attached hydrogens (tertiary/aromatic N) is 3. The highest BCUT2D eigenvalue weighted by Crippen LogP contribution is 2.38.